The number of para-hydroxylation sites is 1. The van der Waals surface area contributed by atoms with E-state index in [1.54, 1.807) is 6.07 Å². The molecule has 0 unspecified atom stereocenters. The number of hydrogen-bond donors (Lipinski definition) is 2. The standard InChI is InChI=1S/C25H21FN2O2/c26-20-6-3-5-19(15-20)17-10-12-18(13-11-17)23-16-24(27-14-4-9-25(29)30)21-7-1-2-8-22(21)28-23/h1-3,5-8,10-13,15-16H,4,9,14H2,(H,27,28)(H,29,30). The molecule has 0 fully saturated rings. The Morgan fingerprint density at radius 3 is 2.43 bits per heavy atom. The first-order valence-electron chi connectivity index (χ1n) is 9.82. The molecule has 150 valence electrons. The maximum Gasteiger partial charge on any atom is 0.303 e. The maximum atomic E-state index is 13.5. The Morgan fingerprint density at radius 1 is 0.900 bits per heavy atom. The Hall–Kier alpha value is -3.73. The number of carboxylic acids is 1. The number of aliphatic carboxylic acids is 1. The molecule has 4 nitrogen and oxygen atoms in total. The number of fused-ring (bicyclic) bond motifs is 1. The number of nitrogens with zero attached hydrogens (tertiary/aromatic N) is 1. The van der Waals surface area contributed by atoms with Crippen molar-refractivity contribution in [2.75, 3.05) is 11.9 Å². The van der Waals surface area contributed by atoms with Crippen LogP contribution in [-0.2, 0) is 4.79 Å². The second kappa shape index (κ2) is 8.74. The van der Waals surface area contributed by atoms with Crippen LogP contribution in [0.4, 0.5) is 10.1 Å². The molecular weight excluding hydrogens is 379 g/mol. The zero-order valence-electron chi connectivity index (χ0n) is 16.3. The summed E-state index contributed by atoms with van der Waals surface area (Å²) < 4.78 is 13.5. The van der Waals surface area contributed by atoms with E-state index in [4.69, 9.17) is 10.1 Å². The number of nitrogens with one attached hydrogen (secondary N) is 1. The Balaban J connectivity index is 1.64. The van der Waals surface area contributed by atoms with Crippen LogP contribution in [0.3, 0.4) is 0 Å². The van der Waals surface area contributed by atoms with Crippen LogP contribution in [0.1, 0.15) is 12.8 Å². The summed E-state index contributed by atoms with van der Waals surface area (Å²) in [7, 11) is 0. The van der Waals surface area contributed by atoms with Gasteiger partial charge in [0, 0.05) is 29.6 Å². The number of benzene rings is 3. The fourth-order valence-electron chi connectivity index (χ4n) is 3.43. The second-order valence-corrected chi connectivity index (χ2v) is 7.08. The molecule has 30 heavy (non-hydrogen) atoms. The lowest BCUT2D eigenvalue weighted by molar-refractivity contribution is -0.137. The van der Waals surface area contributed by atoms with Gasteiger partial charge in [-0.2, -0.15) is 0 Å². The van der Waals surface area contributed by atoms with E-state index in [-0.39, 0.29) is 12.2 Å². The molecule has 0 aliphatic rings. The van der Waals surface area contributed by atoms with E-state index in [2.05, 4.69) is 5.32 Å². The maximum absolute atomic E-state index is 13.5. The molecule has 1 aromatic heterocycles. The lowest BCUT2D eigenvalue weighted by Gasteiger charge is -2.12. The molecule has 2 N–H and O–H groups in total. The topological polar surface area (TPSA) is 62.2 Å². The van der Waals surface area contributed by atoms with E-state index in [0.717, 1.165) is 39.0 Å². The Bertz CT molecular complexity index is 1190. The summed E-state index contributed by atoms with van der Waals surface area (Å²) in [6.07, 6.45) is 0.675. The predicted octanol–water partition coefficient (Wildman–Crippen LogP) is 5.98. The van der Waals surface area contributed by atoms with Gasteiger partial charge in [-0.15, -0.1) is 0 Å². The smallest absolute Gasteiger partial charge is 0.303 e. The zero-order chi connectivity index (χ0) is 20.9. The third-order valence-corrected chi connectivity index (χ3v) is 4.94. The molecule has 0 saturated carbocycles. The molecule has 0 saturated heterocycles. The number of halogens is 1. The fourth-order valence-corrected chi connectivity index (χ4v) is 3.43. The van der Waals surface area contributed by atoms with Gasteiger partial charge in [0.1, 0.15) is 5.82 Å². The van der Waals surface area contributed by atoms with Crippen molar-refractivity contribution < 1.29 is 14.3 Å². The summed E-state index contributed by atoms with van der Waals surface area (Å²) in [5, 5.41) is 13.2. The van der Waals surface area contributed by atoms with E-state index in [1.165, 1.54) is 12.1 Å². The molecule has 0 spiro atoms. The van der Waals surface area contributed by atoms with Crippen LogP contribution >= 0.6 is 0 Å². The van der Waals surface area contributed by atoms with Gasteiger partial charge in [-0.3, -0.25) is 4.79 Å². The second-order valence-electron chi connectivity index (χ2n) is 7.08. The minimum absolute atomic E-state index is 0.129. The minimum Gasteiger partial charge on any atom is -0.481 e. The van der Waals surface area contributed by atoms with Crippen molar-refractivity contribution in [3.63, 3.8) is 0 Å². The number of carboxylic acid groups (broad SMARTS) is 1. The quantitative estimate of drug-likeness (QED) is 0.374. The van der Waals surface area contributed by atoms with E-state index < -0.39 is 5.97 Å². The number of aromatic nitrogens is 1. The van der Waals surface area contributed by atoms with E-state index in [9.17, 15) is 9.18 Å². The summed E-state index contributed by atoms with van der Waals surface area (Å²) >= 11 is 0. The molecule has 0 bridgehead atoms. The van der Waals surface area contributed by atoms with Crippen LogP contribution in [0.15, 0.2) is 78.9 Å². The largest absolute Gasteiger partial charge is 0.481 e. The molecule has 0 aliphatic carbocycles. The van der Waals surface area contributed by atoms with Crippen molar-refractivity contribution in [2.45, 2.75) is 12.8 Å². The number of rotatable bonds is 7. The fraction of sp³-hybridized carbons (Fsp3) is 0.120. The average molecular weight is 400 g/mol. The molecule has 0 amide bonds. The highest BCUT2D eigenvalue weighted by Crippen LogP contribution is 2.30. The highest BCUT2D eigenvalue weighted by atomic mass is 19.1. The van der Waals surface area contributed by atoms with Gasteiger partial charge in [-0.1, -0.05) is 54.6 Å². The SMILES string of the molecule is O=C(O)CCCNc1cc(-c2ccc(-c3cccc(F)c3)cc2)nc2ccccc12. The molecule has 4 rings (SSSR count). The lowest BCUT2D eigenvalue weighted by atomic mass is 10.0. The van der Waals surface area contributed by atoms with E-state index >= 15 is 0 Å². The summed E-state index contributed by atoms with van der Waals surface area (Å²) in [6.45, 7) is 0.568. The van der Waals surface area contributed by atoms with Crippen molar-refractivity contribution in [2.24, 2.45) is 0 Å². The van der Waals surface area contributed by atoms with Gasteiger partial charge in [0.15, 0.2) is 0 Å². The van der Waals surface area contributed by atoms with Crippen LogP contribution in [0.5, 0.6) is 0 Å². The van der Waals surface area contributed by atoms with Crippen LogP contribution in [0, 0.1) is 5.82 Å². The number of anilines is 1. The van der Waals surface area contributed by atoms with Crippen molar-refractivity contribution in [3.05, 3.63) is 84.7 Å². The molecule has 4 aromatic rings. The number of hydrogen-bond acceptors (Lipinski definition) is 3. The van der Waals surface area contributed by atoms with Crippen LogP contribution in [0.25, 0.3) is 33.3 Å². The van der Waals surface area contributed by atoms with Crippen LogP contribution in [-0.4, -0.2) is 22.6 Å². The minimum atomic E-state index is -0.796. The monoisotopic (exact) mass is 400 g/mol. The normalized spacial score (nSPS) is 10.8. The Morgan fingerprint density at radius 2 is 1.67 bits per heavy atom. The highest BCUT2D eigenvalue weighted by molar-refractivity contribution is 5.93. The highest BCUT2D eigenvalue weighted by Gasteiger charge is 2.08. The molecule has 0 radical (unpaired) electrons. The molecule has 5 heteroatoms. The predicted molar refractivity (Wildman–Crippen MR) is 118 cm³/mol. The number of pyridine rings is 1. The first-order chi connectivity index (χ1) is 14.6. The lowest BCUT2D eigenvalue weighted by Crippen LogP contribution is -2.05. The Labute approximate surface area is 174 Å². The van der Waals surface area contributed by atoms with Crippen LogP contribution < -0.4 is 5.32 Å². The van der Waals surface area contributed by atoms with Gasteiger partial charge >= 0.3 is 5.97 Å². The molecule has 3 aromatic carbocycles. The van der Waals surface area contributed by atoms with Gasteiger partial charge in [0.05, 0.1) is 11.2 Å². The van der Waals surface area contributed by atoms with Crippen LogP contribution in [0.2, 0.25) is 0 Å². The zero-order valence-corrected chi connectivity index (χ0v) is 16.3. The molecule has 1 heterocycles. The van der Waals surface area contributed by atoms with Gasteiger partial charge in [0.2, 0.25) is 0 Å². The molecular formula is C25H21FN2O2. The van der Waals surface area contributed by atoms with E-state index in [0.29, 0.717) is 13.0 Å². The molecule has 0 aliphatic heterocycles. The molecule has 0 atom stereocenters. The van der Waals surface area contributed by atoms with Crippen molar-refractivity contribution in [1.82, 2.24) is 4.98 Å². The number of carbonyl (C=O) groups is 1. The van der Waals surface area contributed by atoms with Crippen molar-refractivity contribution in [3.8, 4) is 22.4 Å². The first-order valence-corrected chi connectivity index (χ1v) is 9.82. The average Bonchev–Trinajstić information content (AvgIpc) is 2.76. The third-order valence-electron chi connectivity index (χ3n) is 4.94. The summed E-state index contributed by atoms with van der Waals surface area (Å²) in [4.78, 5) is 15.5. The van der Waals surface area contributed by atoms with Gasteiger partial charge in [0.25, 0.3) is 0 Å². The van der Waals surface area contributed by atoms with E-state index in [1.807, 2.05) is 60.7 Å². The summed E-state index contributed by atoms with van der Waals surface area (Å²) in [5.41, 5.74) is 5.33. The van der Waals surface area contributed by atoms with Crippen molar-refractivity contribution >= 4 is 22.6 Å². The summed E-state index contributed by atoms with van der Waals surface area (Å²) in [6, 6.07) is 24.3. The first kappa shape index (κ1) is 19.6. The summed E-state index contributed by atoms with van der Waals surface area (Å²) in [5.74, 6) is -1.05. The van der Waals surface area contributed by atoms with Gasteiger partial charge in [-0.25, -0.2) is 9.37 Å². The third kappa shape index (κ3) is 4.46. The van der Waals surface area contributed by atoms with Gasteiger partial charge in [-0.05, 0) is 41.8 Å². The Kier molecular flexibility index (Phi) is 5.70. The van der Waals surface area contributed by atoms with Gasteiger partial charge < -0.3 is 10.4 Å². The van der Waals surface area contributed by atoms with Crippen molar-refractivity contribution in [1.29, 1.82) is 0 Å².